The standard InChI is InChI=1S/C15H19N3O4/c1-3-22-9-5-7-16-13(19)11-14(20)17-12-10(2)6-4-8-18(12)15(11)21/h4,6,8,20H,3,5,7,9H2,1-2H3,(H,16,19). The van der Waals surface area contributed by atoms with Gasteiger partial charge in [0.2, 0.25) is 5.88 Å². The lowest BCUT2D eigenvalue weighted by Gasteiger charge is -2.09. The molecule has 0 atom stereocenters. The van der Waals surface area contributed by atoms with Gasteiger partial charge in [-0.25, -0.2) is 0 Å². The van der Waals surface area contributed by atoms with E-state index in [0.29, 0.717) is 31.8 Å². The van der Waals surface area contributed by atoms with Gasteiger partial charge < -0.3 is 15.2 Å². The Labute approximate surface area is 127 Å². The zero-order valence-corrected chi connectivity index (χ0v) is 12.6. The van der Waals surface area contributed by atoms with Crippen LogP contribution in [0.15, 0.2) is 23.1 Å². The van der Waals surface area contributed by atoms with Crippen molar-refractivity contribution in [2.24, 2.45) is 0 Å². The fourth-order valence-corrected chi connectivity index (χ4v) is 2.09. The van der Waals surface area contributed by atoms with Crippen LogP contribution in [-0.4, -0.2) is 40.2 Å². The largest absolute Gasteiger partial charge is 0.493 e. The van der Waals surface area contributed by atoms with Crippen LogP contribution in [0, 0.1) is 6.92 Å². The van der Waals surface area contributed by atoms with Crippen molar-refractivity contribution in [2.45, 2.75) is 20.3 Å². The number of hydrogen-bond acceptors (Lipinski definition) is 5. The molecule has 118 valence electrons. The van der Waals surface area contributed by atoms with E-state index in [9.17, 15) is 14.7 Å². The Morgan fingerprint density at radius 1 is 1.50 bits per heavy atom. The number of nitrogens with one attached hydrogen (secondary N) is 1. The zero-order chi connectivity index (χ0) is 16.1. The number of rotatable bonds is 6. The lowest BCUT2D eigenvalue weighted by Crippen LogP contribution is -2.32. The Hall–Kier alpha value is -2.41. The van der Waals surface area contributed by atoms with Gasteiger partial charge in [-0.05, 0) is 31.9 Å². The molecule has 2 N–H and O–H groups in total. The third-order valence-corrected chi connectivity index (χ3v) is 3.21. The number of aromatic hydroxyl groups is 1. The third kappa shape index (κ3) is 3.25. The molecule has 0 fully saturated rings. The molecule has 0 bridgehead atoms. The van der Waals surface area contributed by atoms with Gasteiger partial charge in [-0.1, -0.05) is 6.07 Å². The van der Waals surface area contributed by atoms with Crippen molar-refractivity contribution in [2.75, 3.05) is 19.8 Å². The Balaban J connectivity index is 2.24. The molecule has 1 amide bonds. The van der Waals surface area contributed by atoms with Crippen LogP contribution in [0.1, 0.15) is 29.3 Å². The predicted octanol–water partition coefficient (Wildman–Crippen LogP) is 0.865. The van der Waals surface area contributed by atoms with Gasteiger partial charge in [0.15, 0.2) is 5.56 Å². The number of amides is 1. The molecule has 2 aromatic rings. The topological polar surface area (TPSA) is 92.9 Å². The SMILES string of the molecule is CCOCCCNC(=O)c1c(O)nc2c(C)cccn2c1=O. The molecular weight excluding hydrogens is 286 g/mol. The molecule has 0 aromatic carbocycles. The smallest absolute Gasteiger partial charge is 0.274 e. The van der Waals surface area contributed by atoms with Crippen molar-refractivity contribution < 1.29 is 14.6 Å². The molecule has 7 heteroatoms. The van der Waals surface area contributed by atoms with E-state index < -0.39 is 17.3 Å². The maximum atomic E-state index is 12.4. The molecule has 22 heavy (non-hydrogen) atoms. The zero-order valence-electron chi connectivity index (χ0n) is 12.6. The molecule has 0 aliphatic rings. The number of carbonyl (C=O) groups excluding carboxylic acids is 1. The van der Waals surface area contributed by atoms with Crippen molar-refractivity contribution >= 4 is 11.6 Å². The second-order valence-corrected chi connectivity index (χ2v) is 4.81. The fraction of sp³-hybridized carbons (Fsp3) is 0.400. The number of carbonyl (C=O) groups is 1. The van der Waals surface area contributed by atoms with Gasteiger partial charge in [-0.15, -0.1) is 0 Å². The maximum Gasteiger partial charge on any atom is 0.274 e. The van der Waals surface area contributed by atoms with Gasteiger partial charge in [0.05, 0.1) is 0 Å². The molecule has 0 saturated carbocycles. The molecule has 2 aromatic heterocycles. The minimum Gasteiger partial charge on any atom is -0.493 e. The Kier molecular flexibility index (Phi) is 5.11. The normalized spacial score (nSPS) is 10.8. The number of hydrogen-bond donors (Lipinski definition) is 2. The maximum absolute atomic E-state index is 12.4. The summed E-state index contributed by atoms with van der Waals surface area (Å²) in [5.74, 6) is -1.19. The number of ether oxygens (including phenoxy) is 1. The first-order valence-electron chi connectivity index (χ1n) is 7.13. The number of nitrogens with zero attached hydrogens (tertiary/aromatic N) is 2. The summed E-state index contributed by atoms with van der Waals surface area (Å²) in [7, 11) is 0. The van der Waals surface area contributed by atoms with Crippen molar-refractivity contribution in [1.82, 2.24) is 14.7 Å². The van der Waals surface area contributed by atoms with Crippen molar-refractivity contribution in [3.05, 3.63) is 39.8 Å². The van der Waals surface area contributed by atoms with Crippen molar-refractivity contribution in [3.8, 4) is 5.88 Å². The summed E-state index contributed by atoms with van der Waals surface area (Å²) in [6.45, 7) is 5.16. The number of aromatic nitrogens is 2. The molecule has 0 aliphatic carbocycles. The lowest BCUT2D eigenvalue weighted by molar-refractivity contribution is 0.0939. The quantitative estimate of drug-likeness (QED) is 0.772. The van der Waals surface area contributed by atoms with Crippen molar-refractivity contribution in [3.63, 3.8) is 0 Å². The summed E-state index contributed by atoms with van der Waals surface area (Å²) in [5, 5.41) is 12.5. The second-order valence-electron chi connectivity index (χ2n) is 4.81. The first kappa shape index (κ1) is 16.0. The first-order valence-corrected chi connectivity index (χ1v) is 7.13. The highest BCUT2D eigenvalue weighted by Crippen LogP contribution is 2.13. The molecule has 2 heterocycles. The number of pyridine rings is 1. The summed E-state index contributed by atoms with van der Waals surface area (Å²) < 4.78 is 6.41. The van der Waals surface area contributed by atoms with E-state index in [1.54, 1.807) is 19.1 Å². The summed E-state index contributed by atoms with van der Waals surface area (Å²) in [6, 6.07) is 3.46. The van der Waals surface area contributed by atoms with Crippen LogP contribution < -0.4 is 10.9 Å². The van der Waals surface area contributed by atoms with E-state index in [1.165, 1.54) is 10.6 Å². The van der Waals surface area contributed by atoms with E-state index in [0.717, 1.165) is 5.56 Å². The number of fused-ring (bicyclic) bond motifs is 1. The molecule has 0 saturated heterocycles. The average Bonchev–Trinajstić information content (AvgIpc) is 2.48. The molecule has 0 aliphatic heterocycles. The highest BCUT2D eigenvalue weighted by atomic mass is 16.5. The Morgan fingerprint density at radius 3 is 3.00 bits per heavy atom. The van der Waals surface area contributed by atoms with E-state index in [-0.39, 0.29) is 5.56 Å². The molecule has 2 rings (SSSR count). The van der Waals surface area contributed by atoms with Gasteiger partial charge >= 0.3 is 0 Å². The van der Waals surface area contributed by atoms with Crippen LogP contribution in [-0.2, 0) is 4.74 Å². The summed E-state index contributed by atoms with van der Waals surface area (Å²) in [5.41, 5.74) is 0.129. The van der Waals surface area contributed by atoms with Gasteiger partial charge in [0.25, 0.3) is 11.5 Å². The Bertz CT molecular complexity index is 739. The number of aryl methyl sites for hydroxylation is 1. The van der Waals surface area contributed by atoms with Crippen LogP contribution >= 0.6 is 0 Å². The lowest BCUT2D eigenvalue weighted by atomic mass is 10.2. The van der Waals surface area contributed by atoms with Crippen LogP contribution in [0.4, 0.5) is 0 Å². The van der Waals surface area contributed by atoms with Gasteiger partial charge in [-0.2, -0.15) is 4.98 Å². The fourth-order valence-electron chi connectivity index (χ4n) is 2.09. The monoisotopic (exact) mass is 305 g/mol. The molecule has 0 radical (unpaired) electrons. The minimum atomic E-state index is -0.637. The highest BCUT2D eigenvalue weighted by Gasteiger charge is 2.19. The highest BCUT2D eigenvalue weighted by molar-refractivity contribution is 5.96. The average molecular weight is 305 g/mol. The van der Waals surface area contributed by atoms with Gasteiger partial charge in [0.1, 0.15) is 5.65 Å². The first-order chi connectivity index (χ1) is 10.6. The van der Waals surface area contributed by atoms with Gasteiger partial charge in [0, 0.05) is 26.0 Å². The van der Waals surface area contributed by atoms with Crippen LogP contribution in [0.2, 0.25) is 0 Å². The Morgan fingerprint density at radius 2 is 2.27 bits per heavy atom. The molecule has 7 nitrogen and oxygen atoms in total. The van der Waals surface area contributed by atoms with E-state index in [2.05, 4.69) is 10.3 Å². The van der Waals surface area contributed by atoms with Crippen LogP contribution in [0.3, 0.4) is 0 Å². The van der Waals surface area contributed by atoms with Gasteiger partial charge in [-0.3, -0.25) is 14.0 Å². The summed E-state index contributed by atoms with van der Waals surface area (Å²) in [6.07, 6.45) is 2.14. The molecular formula is C15H19N3O4. The van der Waals surface area contributed by atoms with Crippen LogP contribution in [0.5, 0.6) is 5.88 Å². The van der Waals surface area contributed by atoms with Crippen molar-refractivity contribution in [1.29, 1.82) is 0 Å². The third-order valence-electron chi connectivity index (χ3n) is 3.21. The summed E-state index contributed by atoms with van der Waals surface area (Å²) in [4.78, 5) is 28.4. The van der Waals surface area contributed by atoms with E-state index in [1.807, 2.05) is 6.92 Å². The predicted molar refractivity (Wildman–Crippen MR) is 81.3 cm³/mol. The van der Waals surface area contributed by atoms with E-state index >= 15 is 0 Å². The van der Waals surface area contributed by atoms with E-state index in [4.69, 9.17) is 4.74 Å². The minimum absolute atomic E-state index is 0.331. The summed E-state index contributed by atoms with van der Waals surface area (Å²) >= 11 is 0. The second kappa shape index (κ2) is 7.04. The molecule has 0 spiro atoms. The molecule has 0 unspecified atom stereocenters. The van der Waals surface area contributed by atoms with Crippen LogP contribution in [0.25, 0.3) is 5.65 Å².